The molecule has 6 nitrogen and oxygen atoms in total. The summed E-state index contributed by atoms with van der Waals surface area (Å²) in [6.45, 7) is 10.1. The maximum Gasteiger partial charge on any atom is 0.185 e. The third-order valence-electron chi connectivity index (χ3n) is 4.93. The molecule has 0 saturated carbocycles. The van der Waals surface area contributed by atoms with Crippen LogP contribution in [0, 0.1) is 20.8 Å². The maximum atomic E-state index is 4.89. The molecule has 7 heteroatoms. The lowest BCUT2D eigenvalue weighted by Crippen LogP contribution is -2.31. The molecule has 4 heterocycles. The molecule has 0 atom stereocenters. The number of aromatic nitrogens is 4. The molecule has 3 aromatic rings. The highest BCUT2D eigenvalue weighted by Crippen LogP contribution is 2.26. The second kappa shape index (κ2) is 7.60. The van der Waals surface area contributed by atoms with Gasteiger partial charge in [-0.15, -0.1) is 11.3 Å². The van der Waals surface area contributed by atoms with E-state index >= 15 is 0 Å². The van der Waals surface area contributed by atoms with Crippen LogP contribution < -0.4 is 9.80 Å². The SMILES string of the molecule is Cc1csc(N2CCCN(c3nc(-c4ccccn4)nc(C)c3C)CC2)n1. The molecule has 0 bridgehead atoms. The molecular formula is C20H24N6S. The molecule has 27 heavy (non-hydrogen) atoms. The molecule has 0 N–H and O–H groups in total. The Hall–Kier alpha value is -2.54. The van der Waals surface area contributed by atoms with Gasteiger partial charge in [0.15, 0.2) is 11.0 Å². The molecule has 1 saturated heterocycles. The first kappa shape index (κ1) is 17.9. The molecule has 140 valence electrons. The van der Waals surface area contributed by atoms with Crippen LogP contribution in [0.1, 0.15) is 23.4 Å². The Kier molecular flexibility index (Phi) is 5.03. The van der Waals surface area contributed by atoms with Gasteiger partial charge in [-0.1, -0.05) is 6.07 Å². The van der Waals surface area contributed by atoms with Crippen molar-refractivity contribution in [2.75, 3.05) is 36.0 Å². The summed E-state index contributed by atoms with van der Waals surface area (Å²) in [5.74, 6) is 1.73. The first-order valence-corrected chi connectivity index (χ1v) is 10.2. The van der Waals surface area contributed by atoms with Gasteiger partial charge >= 0.3 is 0 Å². The van der Waals surface area contributed by atoms with Crippen molar-refractivity contribution in [3.63, 3.8) is 0 Å². The van der Waals surface area contributed by atoms with Gasteiger partial charge in [-0.05, 0) is 39.3 Å². The minimum Gasteiger partial charge on any atom is -0.354 e. The van der Waals surface area contributed by atoms with Crippen molar-refractivity contribution in [1.82, 2.24) is 19.9 Å². The Morgan fingerprint density at radius 2 is 1.74 bits per heavy atom. The Morgan fingerprint density at radius 3 is 2.48 bits per heavy atom. The van der Waals surface area contributed by atoms with Crippen molar-refractivity contribution in [2.24, 2.45) is 0 Å². The zero-order chi connectivity index (χ0) is 18.8. The first-order chi connectivity index (χ1) is 13.1. The van der Waals surface area contributed by atoms with E-state index in [1.807, 2.05) is 18.2 Å². The van der Waals surface area contributed by atoms with Crippen LogP contribution in [0.4, 0.5) is 10.9 Å². The van der Waals surface area contributed by atoms with Gasteiger partial charge in [0.1, 0.15) is 11.5 Å². The number of pyridine rings is 1. The van der Waals surface area contributed by atoms with Crippen LogP contribution in [-0.4, -0.2) is 46.1 Å². The summed E-state index contributed by atoms with van der Waals surface area (Å²) in [6, 6.07) is 5.85. The average Bonchev–Trinajstić information content (AvgIpc) is 2.97. The highest BCUT2D eigenvalue weighted by molar-refractivity contribution is 7.13. The number of rotatable bonds is 3. The highest BCUT2D eigenvalue weighted by Gasteiger charge is 2.21. The van der Waals surface area contributed by atoms with Crippen molar-refractivity contribution in [3.05, 3.63) is 46.7 Å². The van der Waals surface area contributed by atoms with E-state index in [0.29, 0.717) is 5.82 Å². The normalized spacial score (nSPS) is 15.1. The lowest BCUT2D eigenvalue weighted by molar-refractivity contribution is 0.790. The monoisotopic (exact) mass is 380 g/mol. The Morgan fingerprint density at radius 1 is 0.926 bits per heavy atom. The summed E-state index contributed by atoms with van der Waals surface area (Å²) in [4.78, 5) is 23.4. The van der Waals surface area contributed by atoms with Crippen LogP contribution in [0.3, 0.4) is 0 Å². The largest absolute Gasteiger partial charge is 0.354 e. The molecule has 0 unspecified atom stereocenters. The predicted octanol–water partition coefficient (Wildman–Crippen LogP) is 3.64. The van der Waals surface area contributed by atoms with Gasteiger partial charge in [-0.2, -0.15) is 0 Å². The van der Waals surface area contributed by atoms with E-state index in [1.165, 1.54) is 0 Å². The second-order valence-electron chi connectivity index (χ2n) is 6.90. The zero-order valence-corrected chi connectivity index (χ0v) is 16.8. The molecule has 0 aliphatic carbocycles. The van der Waals surface area contributed by atoms with Crippen LogP contribution in [0.15, 0.2) is 29.8 Å². The first-order valence-electron chi connectivity index (χ1n) is 9.30. The third kappa shape index (κ3) is 3.78. The number of hydrogen-bond donors (Lipinski definition) is 0. The van der Waals surface area contributed by atoms with Crippen molar-refractivity contribution in [3.8, 4) is 11.5 Å². The number of anilines is 2. The van der Waals surface area contributed by atoms with E-state index in [4.69, 9.17) is 4.98 Å². The summed E-state index contributed by atoms with van der Waals surface area (Å²) < 4.78 is 0. The fourth-order valence-electron chi connectivity index (χ4n) is 3.34. The topological polar surface area (TPSA) is 58.0 Å². The van der Waals surface area contributed by atoms with Crippen LogP contribution in [0.5, 0.6) is 0 Å². The molecule has 1 fully saturated rings. The predicted molar refractivity (Wildman–Crippen MR) is 111 cm³/mol. The lowest BCUT2D eigenvalue weighted by atomic mass is 10.2. The van der Waals surface area contributed by atoms with Crippen LogP contribution in [0.2, 0.25) is 0 Å². The van der Waals surface area contributed by atoms with Gasteiger partial charge in [0.05, 0.1) is 5.69 Å². The van der Waals surface area contributed by atoms with E-state index in [1.54, 1.807) is 17.5 Å². The molecule has 1 aliphatic rings. The molecule has 0 radical (unpaired) electrons. The lowest BCUT2D eigenvalue weighted by Gasteiger charge is -2.25. The second-order valence-corrected chi connectivity index (χ2v) is 7.73. The fraction of sp³-hybridized carbons (Fsp3) is 0.400. The van der Waals surface area contributed by atoms with Gasteiger partial charge < -0.3 is 9.80 Å². The molecule has 1 aliphatic heterocycles. The van der Waals surface area contributed by atoms with E-state index in [-0.39, 0.29) is 0 Å². The molecule has 0 spiro atoms. The molecule has 0 aromatic carbocycles. The van der Waals surface area contributed by atoms with Gasteiger partial charge in [0.2, 0.25) is 0 Å². The van der Waals surface area contributed by atoms with Gasteiger partial charge in [-0.25, -0.2) is 15.0 Å². The maximum absolute atomic E-state index is 4.89. The van der Waals surface area contributed by atoms with Crippen molar-refractivity contribution in [1.29, 1.82) is 0 Å². The molecule has 4 rings (SSSR count). The number of thiazole rings is 1. The number of aryl methyl sites for hydroxylation is 2. The minimum atomic E-state index is 0.699. The van der Waals surface area contributed by atoms with E-state index in [2.05, 4.69) is 50.9 Å². The summed E-state index contributed by atoms with van der Waals surface area (Å²) in [6.07, 6.45) is 2.87. The Bertz CT molecular complexity index is 923. The Labute approximate surface area is 163 Å². The molecule has 3 aromatic heterocycles. The van der Waals surface area contributed by atoms with E-state index in [0.717, 1.165) is 66.2 Å². The highest BCUT2D eigenvalue weighted by atomic mass is 32.1. The van der Waals surface area contributed by atoms with Gasteiger partial charge in [-0.3, -0.25) is 4.98 Å². The van der Waals surface area contributed by atoms with E-state index in [9.17, 15) is 0 Å². The zero-order valence-electron chi connectivity index (χ0n) is 16.0. The summed E-state index contributed by atoms with van der Waals surface area (Å²) in [5.41, 5.74) is 4.07. The number of nitrogens with zero attached hydrogens (tertiary/aromatic N) is 6. The Balaban J connectivity index is 1.60. The van der Waals surface area contributed by atoms with Crippen molar-refractivity contribution < 1.29 is 0 Å². The standard InChI is InChI=1S/C20H24N6S/c1-14-13-27-20(22-14)26-10-6-9-25(11-12-26)19-15(2)16(3)23-18(24-19)17-7-4-5-8-21-17/h4-5,7-8,13H,6,9-12H2,1-3H3. The smallest absolute Gasteiger partial charge is 0.185 e. The summed E-state index contributed by atoms with van der Waals surface area (Å²) >= 11 is 1.73. The molecular weight excluding hydrogens is 356 g/mol. The molecule has 0 amide bonds. The summed E-state index contributed by atoms with van der Waals surface area (Å²) in [7, 11) is 0. The van der Waals surface area contributed by atoms with Crippen molar-refractivity contribution >= 4 is 22.3 Å². The average molecular weight is 381 g/mol. The van der Waals surface area contributed by atoms with Crippen molar-refractivity contribution in [2.45, 2.75) is 27.2 Å². The van der Waals surface area contributed by atoms with Gasteiger partial charge in [0, 0.05) is 49.0 Å². The van der Waals surface area contributed by atoms with E-state index < -0.39 is 0 Å². The van der Waals surface area contributed by atoms with Crippen LogP contribution in [-0.2, 0) is 0 Å². The van der Waals surface area contributed by atoms with Gasteiger partial charge in [0.25, 0.3) is 0 Å². The number of hydrogen-bond acceptors (Lipinski definition) is 7. The van der Waals surface area contributed by atoms with Crippen LogP contribution in [0.25, 0.3) is 11.5 Å². The third-order valence-corrected chi connectivity index (χ3v) is 5.95. The quantitative estimate of drug-likeness (QED) is 0.691. The summed E-state index contributed by atoms with van der Waals surface area (Å²) in [5, 5.41) is 3.24. The minimum absolute atomic E-state index is 0.699. The fourth-order valence-corrected chi connectivity index (χ4v) is 4.20. The van der Waals surface area contributed by atoms with Crippen LogP contribution >= 0.6 is 11.3 Å².